The zero-order valence-corrected chi connectivity index (χ0v) is 12.4. The molecule has 116 valence electrons. The van der Waals surface area contributed by atoms with Crippen LogP contribution in [0.2, 0.25) is 0 Å². The molecule has 0 aliphatic carbocycles. The molecule has 1 fully saturated rings. The number of carbonyl (C=O) groups is 3. The molecule has 1 saturated heterocycles. The molecule has 1 rings (SSSR count). The highest BCUT2D eigenvalue weighted by Crippen LogP contribution is 2.22. The summed E-state index contributed by atoms with van der Waals surface area (Å²) in [4.78, 5) is 40.6. The first kappa shape index (κ1) is 16.8. The first-order valence-electron chi connectivity index (χ1n) is 6.78. The van der Waals surface area contributed by atoms with E-state index in [-0.39, 0.29) is 5.92 Å². The van der Waals surface area contributed by atoms with Crippen LogP contribution in [0.15, 0.2) is 0 Å². The van der Waals surface area contributed by atoms with Gasteiger partial charge in [-0.1, -0.05) is 13.8 Å². The third kappa shape index (κ3) is 3.66. The van der Waals surface area contributed by atoms with Crippen LogP contribution in [0.3, 0.4) is 0 Å². The maximum Gasteiger partial charge on any atom is 0.407 e. The lowest BCUT2D eigenvalue weighted by molar-refractivity contribution is -0.141. The predicted octanol–water partition coefficient (Wildman–Crippen LogP) is 0.481. The number of likely N-dealkylation sites (N-methyl/N-ethyl adjacent to an activating group) is 1. The van der Waals surface area contributed by atoms with Crippen LogP contribution in [0.25, 0.3) is 5.53 Å². The Labute approximate surface area is 122 Å². The molecule has 2 atom stereocenters. The van der Waals surface area contributed by atoms with Gasteiger partial charge in [0.25, 0.3) is 5.78 Å². The Balaban J connectivity index is 3.00. The van der Waals surface area contributed by atoms with Crippen molar-refractivity contribution in [3.63, 3.8) is 0 Å². The van der Waals surface area contributed by atoms with Gasteiger partial charge in [-0.25, -0.2) is 4.79 Å². The minimum absolute atomic E-state index is 0.221. The summed E-state index contributed by atoms with van der Waals surface area (Å²) < 4.78 is 0. The topological polar surface area (TPSA) is 114 Å². The number of carboxylic acid groups (broad SMARTS) is 1. The smallest absolute Gasteiger partial charge is 0.407 e. The van der Waals surface area contributed by atoms with Gasteiger partial charge in [-0.05, 0) is 18.8 Å². The summed E-state index contributed by atoms with van der Waals surface area (Å²) in [5, 5.41) is 9.09. The zero-order valence-electron chi connectivity index (χ0n) is 12.4. The standard InChI is InChI=1S/C13H20N4O4/c1-8(2)11(16(3)13(20)21)12(19)17-6-4-5-9(17)10(18)7-15-14/h7-9,11H,4-6H2,1-3H3,(H,20,21)/t9-,11-/m0/s1. The van der Waals surface area contributed by atoms with Gasteiger partial charge in [-0.2, -0.15) is 4.79 Å². The Morgan fingerprint density at radius 1 is 1.43 bits per heavy atom. The monoisotopic (exact) mass is 296 g/mol. The van der Waals surface area contributed by atoms with Gasteiger partial charge >= 0.3 is 12.3 Å². The molecule has 0 aromatic rings. The van der Waals surface area contributed by atoms with E-state index in [0.29, 0.717) is 19.4 Å². The number of carbonyl (C=O) groups excluding carboxylic acids is 2. The first-order chi connectivity index (χ1) is 9.81. The molecule has 0 aromatic carbocycles. The summed E-state index contributed by atoms with van der Waals surface area (Å²) in [6, 6.07) is -1.53. The largest absolute Gasteiger partial charge is 0.465 e. The molecule has 1 aliphatic heterocycles. The van der Waals surface area contributed by atoms with Crippen molar-refractivity contribution in [2.75, 3.05) is 13.6 Å². The Morgan fingerprint density at radius 2 is 2.05 bits per heavy atom. The summed E-state index contributed by atoms with van der Waals surface area (Å²) in [6.07, 6.45) is 0.726. The van der Waals surface area contributed by atoms with Crippen molar-refractivity contribution < 1.29 is 24.3 Å². The van der Waals surface area contributed by atoms with Crippen LogP contribution in [-0.4, -0.2) is 69.4 Å². The van der Waals surface area contributed by atoms with E-state index >= 15 is 0 Å². The fourth-order valence-corrected chi connectivity index (χ4v) is 2.66. The number of likely N-dealkylation sites (tertiary alicyclic amines) is 1. The second-order valence-electron chi connectivity index (χ2n) is 5.42. The first-order valence-corrected chi connectivity index (χ1v) is 6.78. The zero-order chi connectivity index (χ0) is 16.2. The van der Waals surface area contributed by atoms with E-state index in [1.54, 1.807) is 13.8 Å². The molecule has 0 unspecified atom stereocenters. The molecule has 8 nitrogen and oxygen atoms in total. The Morgan fingerprint density at radius 3 is 2.52 bits per heavy atom. The number of nitrogens with zero attached hydrogens (tertiary/aromatic N) is 4. The third-order valence-corrected chi connectivity index (χ3v) is 3.65. The van der Waals surface area contributed by atoms with Crippen LogP contribution < -0.4 is 0 Å². The third-order valence-electron chi connectivity index (χ3n) is 3.65. The van der Waals surface area contributed by atoms with E-state index in [1.165, 1.54) is 11.9 Å². The number of rotatable bonds is 5. The molecule has 8 heteroatoms. The fraction of sp³-hybridized carbons (Fsp3) is 0.692. The SMILES string of the molecule is CC(C)[C@@H](C(=O)N1CCC[C@H]1C(=O)C=[N+]=[N-])N(C)C(=O)O. The summed E-state index contributed by atoms with van der Waals surface area (Å²) in [5.74, 6) is -1.07. The van der Waals surface area contributed by atoms with Crippen molar-refractivity contribution in [1.82, 2.24) is 9.80 Å². The van der Waals surface area contributed by atoms with Gasteiger partial charge in [0.15, 0.2) is 0 Å². The molecular weight excluding hydrogens is 276 g/mol. The lowest BCUT2D eigenvalue weighted by atomic mass is 10.0. The second-order valence-corrected chi connectivity index (χ2v) is 5.42. The van der Waals surface area contributed by atoms with Crippen LogP contribution in [-0.2, 0) is 9.59 Å². The average molecular weight is 296 g/mol. The van der Waals surface area contributed by atoms with Crippen molar-refractivity contribution in [1.29, 1.82) is 0 Å². The molecule has 1 heterocycles. The molecule has 0 spiro atoms. The molecule has 1 N–H and O–H groups in total. The van der Waals surface area contributed by atoms with E-state index in [0.717, 1.165) is 11.1 Å². The van der Waals surface area contributed by atoms with Crippen LogP contribution in [0.4, 0.5) is 4.79 Å². The van der Waals surface area contributed by atoms with Gasteiger partial charge in [0, 0.05) is 13.6 Å². The molecule has 2 amide bonds. The summed E-state index contributed by atoms with van der Waals surface area (Å²) >= 11 is 0. The van der Waals surface area contributed by atoms with Gasteiger partial charge in [-0.3, -0.25) is 14.5 Å². The molecule has 0 radical (unpaired) electrons. The van der Waals surface area contributed by atoms with Gasteiger partial charge in [0.2, 0.25) is 5.91 Å². The van der Waals surface area contributed by atoms with Gasteiger partial charge in [0.05, 0.1) is 0 Å². The van der Waals surface area contributed by atoms with E-state index in [9.17, 15) is 14.4 Å². The minimum atomic E-state index is -1.19. The highest BCUT2D eigenvalue weighted by atomic mass is 16.4. The van der Waals surface area contributed by atoms with Crippen LogP contribution in [0, 0.1) is 5.92 Å². The van der Waals surface area contributed by atoms with E-state index in [2.05, 4.69) is 4.79 Å². The van der Waals surface area contributed by atoms with E-state index in [1.807, 2.05) is 0 Å². The van der Waals surface area contributed by atoms with E-state index < -0.39 is 29.9 Å². The number of hydrogen-bond donors (Lipinski definition) is 1. The molecular formula is C13H20N4O4. The molecule has 0 bridgehead atoms. The van der Waals surface area contributed by atoms with Gasteiger partial charge in [0.1, 0.15) is 12.1 Å². The van der Waals surface area contributed by atoms with Crippen molar-refractivity contribution in [3.05, 3.63) is 5.53 Å². The van der Waals surface area contributed by atoms with Gasteiger partial charge < -0.3 is 15.5 Å². The van der Waals surface area contributed by atoms with Crippen molar-refractivity contribution in [3.8, 4) is 0 Å². The fourth-order valence-electron chi connectivity index (χ4n) is 2.66. The highest BCUT2D eigenvalue weighted by molar-refractivity contribution is 6.28. The van der Waals surface area contributed by atoms with Crippen molar-refractivity contribution in [2.24, 2.45) is 5.92 Å². The molecule has 0 saturated carbocycles. The lowest BCUT2D eigenvalue weighted by Gasteiger charge is -2.33. The predicted molar refractivity (Wildman–Crippen MR) is 73.8 cm³/mol. The quantitative estimate of drug-likeness (QED) is 0.451. The van der Waals surface area contributed by atoms with Crippen LogP contribution in [0.5, 0.6) is 0 Å². The minimum Gasteiger partial charge on any atom is -0.465 e. The lowest BCUT2D eigenvalue weighted by Crippen LogP contribution is -2.54. The Bertz CT molecular complexity index is 485. The van der Waals surface area contributed by atoms with Crippen LogP contribution in [0.1, 0.15) is 26.7 Å². The normalized spacial score (nSPS) is 19.0. The number of hydrogen-bond acceptors (Lipinski definition) is 3. The van der Waals surface area contributed by atoms with E-state index in [4.69, 9.17) is 10.6 Å². The highest BCUT2D eigenvalue weighted by Gasteiger charge is 2.40. The summed E-state index contributed by atoms with van der Waals surface area (Å²) in [5.41, 5.74) is 8.44. The van der Waals surface area contributed by atoms with Crippen molar-refractivity contribution >= 4 is 24.0 Å². The maximum atomic E-state index is 12.6. The Hall–Kier alpha value is -2.21. The van der Waals surface area contributed by atoms with Gasteiger partial charge in [-0.15, -0.1) is 0 Å². The number of amides is 2. The van der Waals surface area contributed by atoms with Crippen LogP contribution >= 0.6 is 0 Å². The molecule has 0 aromatic heterocycles. The molecule has 1 aliphatic rings. The second kappa shape index (κ2) is 6.99. The molecule has 21 heavy (non-hydrogen) atoms. The maximum absolute atomic E-state index is 12.6. The summed E-state index contributed by atoms with van der Waals surface area (Å²) in [6.45, 7) is 3.90. The van der Waals surface area contributed by atoms with Crippen molar-refractivity contribution in [2.45, 2.75) is 38.8 Å². The Kier molecular flexibility index (Phi) is 5.60. The average Bonchev–Trinajstić information content (AvgIpc) is 2.87. The number of Topliss-reactive ketones (excluding diaryl/α,β-unsaturated/α-hetero) is 1. The number of ketones is 1. The summed E-state index contributed by atoms with van der Waals surface area (Å²) in [7, 11) is 1.34.